The summed E-state index contributed by atoms with van der Waals surface area (Å²) in [4.78, 5) is 27.6. The number of rotatable bonds is 6. The molecule has 1 heterocycles. The molecule has 7 heteroatoms. The molecule has 0 saturated heterocycles. The lowest BCUT2D eigenvalue weighted by Gasteiger charge is -2.26. The third-order valence-corrected chi connectivity index (χ3v) is 6.63. The van der Waals surface area contributed by atoms with E-state index in [2.05, 4.69) is 0 Å². The normalized spacial score (nSPS) is 18.5. The summed E-state index contributed by atoms with van der Waals surface area (Å²) in [5.74, 6) is 0.579. The van der Waals surface area contributed by atoms with Crippen LogP contribution < -0.4 is 4.74 Å². The van der Waals surface area contributed by atoms with E-state index in [1.54, 1.807) is 19.1 Å². The molecule has 32 heavy (non-hydrogen) atoms. The van der Waals surface area contributed by atoms with Gasteiger partial charge in [0, 0.05) is 30.0 Å². The molecule has 0 spiro atoms. The standard InChI is InChI=1S/C25H28ClN3O3/c1-28(25(31)17-8-3-4-9-17)16-24(30)29-23(20-12-5-6-13-21(20)26)15-22(27-29)18-10-7-11-19(14-18)32-2/h5-7,10-14,17,23H,3-4,8-9,15-16H2,1-2H3/t23-/m0/s1. The van der Waals surface area contributed by atoms with Crippen LogP contribution in [-0.2, 0) is 9.59 Å². The van der Waals surface area contributed by atoms with Crippen molar-refractivity contribution in [1.82, 2.24) is 9.91 Å². The van der Waals surface area contributed by atoms with Gasteiger partial charge in [-0.25, -0.2) is 5.01 Å². The quantitative estimate of drug-likeness (QED) is 0.638. The zero-order chi connectivity index (χ0) is 22.7. The van der Waals surface area contributed by atoms with Gasteiger partial charge < -0.3 is 9.64 Å². The second-order valence-corrected chi connectivity index (χ2v) is 8.84. The molecule has 1 atom stereocenters. The van der Waals surface area contributed by atoms with Crippen LogP contribution in [0.3, 0.4) is 0 Å². The molecule has 0 radical (unpaired) electrons. The van der Waals surface area contributed by atoms with Crippen LogP contribution in [-0.4, -0.2) is 48.1 Å². The minimum Gasteiger partial charge on any atom is -0.497 e. The third-order valence-electron chi connectivity index (χ3n) is 6.29. The number of hydrogen-bond donors (Lipinski definition) is 0. The van der Waals surface area contributed by atoms with Gasteiger partial charge in [0.05, 0.1) is 18.9 Å². The van der Waals surface area contributed by atoms with Crippen molar-refractivity contribution >= 4 is 29.1 Å². The number of carbonyl (C=O) groups is 2. The van der Waals surface area contributed by atoms with Gasteiger partial charge in [-0.1, -0.05) is 54.8 Å². The van der Waals surface area contributed by atoms with Crippen LogP contribution in [0.15, 0.2) is 53.6 Å². The lowest BCUT2D eigenvalue weighted by molar-refractivity contribution is -0.142. The molecule has 1 aliphatic heterocycles. The number of amides is 2. The van der Waals surface area contributed by atoms with Crippen molar-refractivity contribution < 1.29 is 14.3 Å². The molecule has 1 aliphatic carbocycles. The summed E-state index contributed by atoms with van der Waals surface area (Å²) in [5, 5.41) is 6.78. The predicted octanol–water partition coefficient (Wildman–Crippen LogP) is 4.67. The summed E-state index contributed by atoms with van der Waals surface area (Å²) in [5.41, 5.74) is 2.52. The van der Waals surface area contributed by atoms with Crippen molar-refractivity contribution in [2.45, 2.75) is 38.1 Å². The number of carbonyl (C=O) groups excluding carboxylic acids is 2. The summed E-state index contributed by atoms with van der Waals surface area (Å²) < 4.78 is 5.35. The van der Waals surface area contributed by atoms with E-state index in [0.717, 1.165) is 48.3 Å². The third kappa shape index (κ3) is 4.65. The topological polar surface area (TPSA) is 62.2 Å². The van der Waals surface area contributed by atoms with Crippen molar-refractivity contribution in [3.05, 3.63) is 64.7 Å². The number of likely N-dealkylation sites (N-methyl/N-ethyl adjacent to an activating group) is 1. The molecule has 2 aromatic rings. The number of benzene rings is 2. The van der Waals surface area contributed by atoms with E-state index in [1.807, 2.05) is 48.5 Å². The molecule has 2 aromatic carbocycles. The summed E-state index contributed by atoms with van der Waals surface area (Å²) in [7, 11) is 3.32. The summed E-state index contributed by atoms with van der Waals surface area (Å²) >= 11 is 6.48. The minimum absolute atomic E-state index is 0.00875. The molecule has 0 N–H and O–H groups in total. The monoisotopic (exact) mass is 453 g/mol. The first-order valence-corrected chi connectivity index (χ1v) is 11.4. The smallest absolute Gasteiger partial charge is 0.262 e. The van der Waals surface area contributed by atoms with Gasteiger partial charge in [0.15, 0.2) is 0 Å². The zero-order valence-corrected chi connectivity index (χ0v) is 19.2. The second kappa shape index (κ2) is 9.74. The fourth-order valence-electron chi connectivity index (χ4n) is 4.54. The highest BCUT2D eigenvalue weighted by molar-refractivity contribution is 6.31. The molecule has 4 rings (SSSR count). The van der Waals surface area contributed by atoms with E-state index >= 15 is 0 Å². The van der Waals surface area contributed by atoms with Gasteiger partial charge in [-0.15, -0.1) is 0 Å². The van der Waals surface area contributed by atoms with E-state index in [0.29, 0.717) is 11.4 Å². The maximum atomic E-state index is 13.3. The van der Waals surface area contributed by atoms with E-state index < -0.39 is 0 Å². The summed E-state index contributed by atoms with van der Waals surface area (Å²) in [6.45, 7) is -0.00875. The Morgan fingerprint density at radius 1 is 1.16 bits per heavy atom. The fraction of sp³-hybridized carbons (Fsp3) is 0.400. The van der Waals surface area contributed by atoms with Crippen LogP contribution in [0.5, 0.6) is 5.75 Å². The van der Waals surface area contributed by atoms with Crippen molar-refractivity contribution in [3.8, 4) is 5.75 Å². The summed E-state index contributed by atoms with van der Waals surface area (Å²) in [6.07, 6.45) is 4.49. The van der Waals surface area contributed by atoms with Gasteiger partial charge in [-0.05, 0) is 36.6 Å². The molecule has 0 bridgehead atoms. The van der Waals surface area contributed by atoms with Crippen LogP contribution in [0.2, 0.25) is 5.02 Å². The Kier molecular flexibility index (Phi) is 6.80. The lowest BCUT2D eigenvalue weighted by Crippen LogP contribution is -2.41. The van der Waals surface area contributed by atoms with Crippen molar-refractivity contribution in [2.75, 3.05) is 20.7 Å². The SMILES string of the molecule is COc1cccc(C2=NN(C(=O)CN(C)C(=O)C3CCCC3)[C@H](c3ccccc3Cl)C2)c1. The van der Waals surface area contributed by atoms with Gasteiger partial charge in [0.25, 0.3) is 5.91 Å². The van der Waals surface area contributed by atoms with Crippen molar-refractivity contribution in [1.29, 1.82) is 0 Å². The Morgan fingerprint density at radius 2 is 1.91 bits per heavy atom. The Bertz CT molecular complexity index is 1030. The molecule has 1 saturated carbocycles. The number of nitrogens with zero attached hydrogens (tertiary/aromatic N) is 3. The molecule has 0 aromatic heterocycles. The highest BCUT2D eigenvalue weighted by Crippen LogP contribution is 2.37. The highest BCUT2D eigenvalue weighted by Gasteiger charge is 2.35. The van der Waals surface area contributed by atoms with Crippen LogP contribution in [0.4, 0.5) is 0 Å². The number of ether oxygens (including phenoxy) is 1. The van der Waals surface area contributed by atoms with Gasteiger partial charge in [0.2, 0.25) is 5.91 Å². The molecule has 168 valence electrons. The highest BCUT2D eigenvalue weighted by atomic mass is 35.5. The van der Waals surface area contributed by atoms with Gasteiger partial charge in [-0.3, -0.25) is 9.59 Å². The summed E-state index contributed by atoms with van der Waals surface area (Å²) in [6, 6.07) is 14.8. The lowest BCUT2D eigenvalue weighted by atomic mass is 9.98. The van der Waals surface area contributed by atoms with E-state index in [9.17, 15) is 9.59 Å². The fourth-order valence-corrected chi connectivity index (χ4v) is 4.80. The van der Waals surface area contributed by atoms with Crippen LogP contribution in [0, 0.1) is 5.92 Å². The molecular weight excluding hydrogens is 426 g/mol. The predicted molar refractivity (Wildman–Crippen MR) is 125 cm³/mol. The molecular formula is C25H28ClN3O3. The minimum atomic E-state index is -0.326. The van der Waals surface area contributed by atoms with Gasteiger partial charge >= 0.3 is 0 Å². The first-order valence-electron chi connectivity index (χ1n) is 11.0. The van der Waals surface area contributed by atoms with E-state index in [-0.39, 0.29) is 30.3 Å². The van der Waals surface area contributed by atoms with E-state index in [4.69, 9.17) is 21.4 Å². The Labute approximate surface area is 193 Å². The Hall–Kier alpha value is -2.86. The first kappa shape index (κ1) is 22.3. The van der Waals surface area contributed by atoms with Crippen LogP contribution in [0.25, 0.3) is 0 Å². The zero-order valence-electron chi connectivity index (χ0n) is 18.5. The Morgan fingerprint density at radius 3 is 2.62 bits per heavy atom. The molecule has 1 fully saturated rings. The average molecular weight is 454 g/mol. The van der Waals surface area contributed by atoms with Gasteiger partial charge in [0.1, 0.15) is 12.3 Å². The largest absolute Gasteiger partial charge is 0.497 e. The maximum absolute atomic E-state index is 13.3. The van der Waals surface area contributed by atoms with Crippen molar-refractivity contribution in [2.24, 2.45) is 11.0 Å². The first-order chi connectivity index (χ1) is 15.5. The molecule has 0 unspecified atom stereocenters. The van der Waals surface area contributed by atoms with E-state index in [1.165, 1.54) is 5.01 Å². The molecule has 2 aliphatic rings. The number of hydrazone groups is 1. The average Bonchev–Trinajstić information content (AvgIpc) is 3.49. The van der Waals surface area contributed by atoms with Gasteiger partial charge in [-0.2, -0.15) is 5.10 Å². The van der Waals surface area contributed by atoms with Crippen LogP contribution in [0.1, 0.15) is 49.3 Å². The second-order valence-electron chi connectivity index (χ2n) is 8.43. The molecule has 6 nitrogen and oxygen atoms in total. The number of halogens is 1. The molecule has 2 amide bonds. The maximum Gasteiger partial charge on any atom is 0.262 e. The number of hydrogen-bond acceptors (Lipinski definition) is 4. The van der Waals surface area contributed by atoms with Crippen LogP contribution >= 0.6 is 11.6 Å². The Balaban J connectivity index is 1.60. The van der Waals surface area contributed by atoms with Crippen molar-refractivity contribution in [3.63, 3.8) is 0 Å². The number of methoxy groups -OCH3 is 1.